The van der Waals surface area contributed by atoms with Gasteiger partial charge < -0.3 is 9.72 Å². The van der Waals surface area contributed by atoms with Crippen LogP contribution in [0.4, 0.5) is 0 Å². The monoisotopic (exact) mass is 307 g/mol. The van der Waals surface area contributed by atoms with Gasteiger partial charge in [0.2, 0.25) is 0 Å². The molecule has 3 heterocycles. The topological polar surface area (TPSA) is 63.5 Å². The fourth-order valence-electron chi connectivity index (χ4n) is 2.53. The summed E-state index contributed by atoms with van der Waals surface area (Å²) in [5.41, 5.74) is 2.71. The molecule has 0 aliphatic carbocycles. The number of carbonyl (C=O) groups excluding carboxylic acids is 2. The van der Waals surface area contributed by atoms with Gasteiger partial charge in [-0.2, -0.15) is 0 Å². The second-order valence-corrected chi connectivity index (χ2v) is 5.60. The molecule has 0 spiro atoms. The summed E-state index contributed by atoms with van der Waals surface area (Å²) in [7, 11) is 0. The van der Waals surface area contributed by atoms with Crippen molar-refractivity contribution >= 4 is 17.2 Å². The quantitative estimate of drug-likeness (QED) is 0.595. The van der Waals surface area contributed by atoms with Crippen LogP contribution in [0.25, 0.3) is 16.6 Å². The fraction of sp³-hybridized carbons (Fsp3) is 0.167. The predicted octanol–water partition coefficient (Wildman–Crippen LogP) is 2.71. The Hall–Kier alpha value is -2.95. The highest BCUT2D eigenvalue weighted by molar-refractivity contribution is 6.43. The standard InChI is InChI=1S/C18H17N3O2/c1-12(2)20-18(23)17(22)16-15(13-6-5-8-19-11-13)10-14-7-3-4-9-21(14)16/h3-12H,1-2H3,(H,20,23). The van der Waals surface area contributed by atoms with Crippen molar-refractivity contribution in [1.29, 1.82) is 0 Å². The number of rotatable bonds is 4. The highest BCUT2D eigenvalue weighted by Gasteiger charge is 2.24. The maximum atomic E-state index is 12.7. The maximum Gasteiger partial charge on any atom is 0.294 e. The minimum absolute atomic E-state index is 0.0977. The smallest absolute Gasteiger partial charge is 0.294 e. The maximum absolute atomic E-state index is 12.7. The summed E-state index contributed by atoms with van der Waals surface area (Å²) >= 11 is 0. The lowest BCUT2D eigenvalue weighted by atomic mass is 10.1. The molecule has 3 aromatic rings. The van der Waals surface area contributed by atoms with E-state index >= 15 is 0 Å². The lowest BCUT2D eigenvalue weighted by molar-refractivity contribution is -0.117. The average molecular weight is 307 g/mol. The molecule has 0 saturated heterocycles. The van der Waals surface area contributed by atoms with Crippen LogP contribution in [0.5, 0.6) is 0 Å². The summed E-state index contributed by atoms with van der Waals surface area (Å²) in [6, 6.07) is 11.1. The van der Waals surface area contributed by atoms with Crippen molar-refractivity contribution in [2.24, 2.45) is 0 Å². The number of hydrogen-bond donors (Lipinski definition) is 1. The molecule has 0 saturated carbocycles. The van der Waals surface area contributed by atoms with Crippen LogP contribution in [0.1, 0.15) is 24.3 Å². The van der Waals surface area contributed by atoms with Gasteiger partial charge in [-0.15, -0.1) is 0 Å². The molecule has 0 radical (unpaired) electrons. The number of pyridine rings is 2. The van der Waals surface area contributed by atoms with E-state index in [9.17, 15) is 9.59 Å². The van der Waals surface area contributed by atoms with Crippen molar-refractivity contribution in [2.45, 2.75) is 19.9 Å². The molecule has 1 N–H and O–H groups in total. The minimum atomic E-state index is -0.603. The van der Waals surface area contributed by atoms with E-state index in [2.05, 4.69) is 10.3 Å². The van der Waals surface area contributed by atoms with Gasteiger partial charge in [-0.25, -0.2) is 0 Å². The van der Waals surface area contributed by atoms with Gasteiger partial charge in [0, 0.05) is 41.3 Å². The number of ketones is 1. The minimum Gasteiger partial charge on any atom is -0.347 e. The van der Waals surface area contributed by atoms with E-state index in [1.54, 1.807) is 29.1 Å². The van der Waals surface area contributed by atoms with Crippen LogP contribution in [0.15, 0.2) is 55.0 Å². The van der Waals surface area contributed by atoms with Gasteiger partial charge in [0.25, 0.3) is 11.7 Å². The molecule has 116 valence electrons. The van der Waals surface area contributed by atoms with Gasteiger partial charge >= 0.3 is 0 Å². The Balaban J connectivity index is 2.18. The summed E-state index contributed by atoms with van der Waals surface area (Å²) in [6.07, 6.45) is 5.14. The first kappa shape index (κ1) is 15.0. The van der Waals surface area contributed by atoms with Crippen LogP contribution in [0.3, 0.4) is 0 Å². The van der Waals surface area contributed by atoms with Gasteiger partial charge in [-0.1, -0.05) is 12.1 Å². The van der Waals surface area contributed by atoms with E-state index in [1.165, 1.54) is 0 Å². The normalized spacial score (nSPS) is 10.9. The summed E-state index contributed by atoms with van der Waals surface area (Å²) in [5, 5.41) is 2.66. The molecule has 5 nitrogen and oxygen atoms in total. The zero-order valence-electron chi connectivity index (χ0n) is 13.0. The van der Waals surface area contributed by atoms with Crippen molar-refractivity contribution in [3.8, 4) is 11.1 Å². The van der Waals surface area contributed by atoms with E-state index in [0.717, 1.165) is 11.1 Å². The third-order valence-electron chi connectivity index (χ3n) is 3.49. The van der Waals surface area contributed by atoms with Gasteiger partial charge in [-0.05, 0) is 38.1 Å². The fourth-order valence-corrected chi connectivity index (χ4v) is 2.53. The molecule has 0 aliphatic heterocycles. The molecule has 3 aromatic heterocycles. The summed E-state index contributed by atoms with van der Waals surface area (Å²) in [4.78, 5) is 29.0. The van der Waals surface area contributed by atoms with Gasteiger partial charge in [-0.3, -0.25) is 14.6 Å². The first-order chi connectivity index (χ1) is 11.1. The van der Waals surface area contributed by atoms with Crippen LogP contribution < -0.4 is 5.32 Å². The first-order valence-electron chi connectivity index (χ1n) is 7.43. The summed E-state index contributed by atoms with van der Waals surface area (Å²) in [6.45, 7) is 3.65. The first-order valence-corrected chi connectivity index (χ1v) is 7.43. The molecule has 0 unspecified atom stereocenters. The van der Waals surface area contributed by atoms with Crippen LogP contribution >= 0.6 is 0 Å². The van der Waals surface area contributed by atoms with Crippen molar-refractivity contribution in [1.82, 2.24) is 14.7 Å². The lowest BCUT2D eigenvalue weighted by Gasteiger charge is -2.09. The van der Waals surface area contributed by atoms with Crippen LogP contribution in [-0.4, -0.2) is 27.1 Å². The largest absolute Gasteiger partial charge is 0.347 e. The third-order valence-corrected chi connectivity index (χ3v) is 3.49. The number of nitrogens with zero attached hydrogens (tertiary/aromatic N) is 2. The van der Waals surface area contributed by atoms with Crippen LogP contribution in [0.2, 0.25) is 0 Å². The SMILES string of the molecule is CC(C)NC(=O)C(=O)c1c(-c2cccnc2)cc2ccccn12. The van der Waals surface area contributed by atoms with Gasteiger partial charge in [0.15, 0.2) is 0 Å². The zero-order chi connectivity index (χ0) is 16.4. The molecule has 0 bridgehead atoms. The summed E-state index contributed by atoms with van der Waals surface area (Å²) in [5.74, 6) is -1.15. The van der Waals surface area contributed by atoms with Crippen molar-refractivity contribution < 1.29 is 9.59 Å². The van der Waals surface area contributed by atoms with E-state index in [-0.39, 0.29) is 6.04 Å². The average Bonchev–Trinajstić information content (AvgIpc) is 2.93. The Labute approximate surface area is 134 Å². The third kappa shape index (κ3) is 2.85. The van der Waals surface area contributed by atoms with E-state index < -0.39 is 11.7 Å². The lowest BCUT2D eigenvalue weighted by Crippen LogP contribution is -2.36. The van der Waals surface area contributed by atoms with Crippen LogP contribution in [-0.2, 0) is 4.79 Å². The second kappa shape index (κ2) is 6.04. The van der Waals surface area contributed by atoms with Gasteiger partial charge in [0.1, 0.15) is 5.69 Å². The van der Waals surface area contributed by atoms with Crippen molar-refractivity contribution in [2.75, 3.05) is 0 Å². The molecule has 0 aliphatic rings. The van der Waals surface area contributed by atoms with E-state index in [1.807, 2.05) is 44.2 Å². The van der Waals surface area contributed by atoms with Crippen molar-refractivity contribution in [3.05, 3.63) is 60.7 Å². The molecule has 1 amide bonds. The molecular weight excluding hydrogens is 290 g/mol. The molecule has 0 atom stereocenters. The van der Waals surface area contributed by atoms with Crippen LogP contribution in [0, 0.1) is 0 Å². The second-order valence-electron chi connectivity index (χ2n) is 5.60. The molecule has 0 fully saturated rings. The number of aromatic nitrogens is 2. The Morgan fingerprint density at radius 3 is 2.70 bits per heavy atom. The highest BCUT2D eigenvalue weighted by atomic mass is 16.2. The number of fused-ring (bicyclic) bond motifs is 1. The molecule has 0 aromatic carbocycles. The molecular formula is C18H17N3O2. The Bertz CT molecular complexity index is 866. The van der Waals surface area contributed by atoms with Crippen molar-refractivity contribution in [3.63, 3.8) is 0 Å². The Morgan fingerprint density at radius 2 is 2.00 bits per heavy atom. The number of carbonyl (C=O) groups is 2. The highest BCUT2D eigenvalue weighted by Crippen LogP contribution is 2.27. The number of amides is 1. The zero-order valence-corrected chi connectivity index (χ0v) is 13.0. The van der Waals surface area contributed by atoms with E-state index in [0.29, 0.717) is 11.3 Å². The number of Topliss-reactive ketones (excluding diaryl/α,β-unsaturated/α-hetero) is 1. The summed E-state index contributed by atoms with van der Waals surface area (Å²) < 4.78 is 1.74. The molecule has 5 heteroatoms. The number of nitrogens with one attached hydrogen (secondary N) is 1. The Kier molecular flexibility index (Phi) is 3.93. The number of hydrogen-bond acceptors (Lipinski definition) is 3. The Morgan fingerprint density at radius 1 is 1.17 bits per heavy atom. The van der Waals surface area contributed by atoms with E-state index in [4.69, 9.17) is 0 Å². The predicted molar refractivity (Wildman–Crippen MR) is 88.2 cm³/mol. The molecule has 23 heavy (non-hydrogen) atoms. The van der Waals surface area contributed by atoms with Gasteiger partial charge in [0.05, 0.1) is 0 Å². The molecule has 3 rings (SSSR count).